The van der Waals surface area contributed by atoms with E-state index in [-0.39, 0.29) is 5.91 Å². The van der Waals surface area contributed by atoms with E-state index in [0.717, 1.165) is 30.4 Å². The minimum Gasteiger partial charge on any atom is -0.365 e. The first-order valence-corrected chi connectivity index (χ1v) is 7.42. The van der Waals surface area contributed by atoms with E-state index < -0.39 is 5.60 Å². The Morgan fingerprint density at radius 3 is 3.09 bits per heavy atom. The Balaban J connectivity index is 1.64. The normalized spacial score (nSPS) is 21.5. The highest BCUT2D eigenvalue weighted by Crippen LogP contribution is 2.24. The minimum atomic E-state index is -0.705. The number of ether oxygens (including phenoxy) is 1. The lowest BCUT2D eigenvalue weighted by Crippen LogP contribution is -2.48. The van der Waals surface area contributed by atoms with E-state index in [2.05, 4.69) is 25.9 Å². The van der Waals surface area contributed by atoms with Crippen molar-refractivity contribution < 1.29 is 9.53 Å². The van der Waals surface area contributed by atoms with Crippen LogP contribution in [0.5, 0.6) is 0 Å². The van der Waals surface area contributed by atoms with Gasteiger partial charge >= 0.3 is 0 Å². The Bertz CT molecular complexity index is 635. The third kappa shape index (κ3) is 3.14. The zero-order valence-corrected chi connectivity index (χ0v) is 12.5. The maximum Gasteiger partial charge on any atom is 0.252 e. The molecule has 2 aromatic rings. The fourth-order valence-corrected chi connectivity index (χ4v) is 2.59. The molecule has 1 aromatic heterocycles. The third-order valence-electron chi connectivity index (χ3n) is 3.93. The van der Waals surface area contributed by atoms with Gasteiger partial charge in [-0.1, -0.05) is 18.2 Å². The summed E-state index contributed by atoms with van der Waals surface area (Å²) in [5.41, 5.74) is 1.14. The molecule has 22 heavy (non-hydrogen) atoms. The van der Waals surface area contributed by atoms with Crippen LogP contribution in [-0.4, -0.2) is 38.7 Å². The quantitative estimate of drug-likeness (QED) is 0.891. The summed E-state index contributed by atoms with van der Waals surface area (Å²) >= 11 is 0. The highest BCUT2D eigenvalue weighted by Gasteiger charge is 2.35. The fourth-order valence-electron chi connectivity index (χ4n) is 2.59. The summed E-state index contributed by atoms with van der Waals surface area (Å²) < 4.78 is 5.65. The molecular formula is C15H19N5O2. The van der Waals surface area contributed by atoms with Crippen LogP contribution in [0.25, 0.3) is 11.4 Å². The number of hydrogen-bond acceptors (Lipinski definition) is 5. The van der Waals surface area contributed by atoms with Gasteiger partial charge in [0.2, 0.25) is 5.82 Å². The Morgan fingerprint density at radius 2 is 2.36 bits per heavy atom. The van der Waals surface area contributed by atoms with Gasteiger partial charge in [0, 0.05) is 18.7 Å². The van der Waals surface area contributed by atoms with Crippen molar-refractivity contribution in [3.8, 4) is 11.4 Å². The van der Waals surface area contributed by atoms with Crippen molar-refractivity contribution in [2.24, 2.45) is 0 Å². The molecule has 7 heteroatoms. The number of carbonyl (C=O) groups excluding carboxylic acids is 1. The maximum absolute atomic E-state index is 12.3. The monoisotopic (exact) mass is 301 g/mol. The highest BCUT2D eigenvalue weighted by atomic mass is 16.5. The molecule has 1 atom stereocenters. The molecule has 1 saturated heterocycles. The predicted molar refractivity (Wildman–Crippen MR) is 79.7 cm³/mol. The number of nitrogens with one attached hydrogen (secondary N) is 2. The lowest BCUT2D eigenvalue weighted by atomic mass is 9.95. The van der Waals surface area contributed by atoms with Crippen LogP contribution >= 0.6 is 0 Å². The zero-order valence-electron chi connectivity index (χ0n) is 12.5. The molecule has 1 aliphatic heterocycles. The standard InChI is InChI=1S/C15H19N5O2/c1-15(7-2-3-8-22-15)14(21)16-10-11-5-4-6-12(9-11)13-17-19-20-18-13/h4-6,9H,2-3,7-8,10H2,1H3,(H,16,21)(H,17,18,19,20)/t15-/m0/s1. The van der Waals surface area contributed by atoms with Crippen molar-refractivity contribution in [2.45, 2.75) is 38.3 Å². The maximum atomic E-state index is 12.3. The largest absolute Gasteiger partial charge is 0.365 e. The van der Waals surface area contributed by atoms with Gasteiger partial charge in [-0.05, 0) is 43.0 Å². The second-order valence-electron chi connectivity index (χ2n) is 5.65. The summed E-state index contributed by atoms with van der Waals surface area (Å²) in [5, 5.41) is 16.8. The van der Waals surface area contributed by atoms with Gasteiger partial charge in [0.05, 0.1) is 0 Å². The van der Waals surface area contributed by atoms with E-state index in [0.29, 0.717) is 19.0 Å². The van der Waals surface area contributed by atoms with Crippen molar-refractivity contribution in [3.63, 3.8) is 0 Å². The van der Waals surface area contributed by atoms with E-state index in [4.69, 9.17) is 4.74 Å². The van der Waals surface area contributed by atoms with Gasteiger partial charge in [-0.2, -0.15) is 5.21 Å². The van der Waals surface area contributed by atoms with E-state index in [1.54, 1.807) is 0 Å². The first-order chi connectivity index (χ1) is 10.7. The van der Waals surface area contributed by atoms with Gasteiger partial charge in [-0.3, -0.25) is 4.79 Å². The number of hydrogen-bond donors (Lipinski definition) is 2. The van der Waals surface area contributed by atoms with Crippen LogP contribution < -0.4 is 5.32 Å². The summed E-state index contributed by atoms with van der Waals surface area (Å²) in [4.78, 5) is 12.3. The van der Waals surface area contributed by atoms with Gasteiger partial charge in [0.1, 0.15) is 5.60 Å². The minimum absolute atomic E-state index is 0.0582. The molecule has 0 radical (unpaired) electrons. The van der Waals surface area contributed by atoms with Crippen LogP contribution in [0.3, 0.4) is 0 Å². The smallest absolute Gasteiger partial charge is 0.252 e. The first kappa shape index (κ1) is 14.6. The van der Waals surface area contributed by atoms with E-state index in [1.165, 1.54) is 0 Å². The van der Waals surface area contributed by atoms with Gasteiger partial charge < -0.3 is 10.1 Å². The SMILES string of the molecule is C[C@@]1(C(=O)NCc2cccc(-c3nn[nH]n3)c2)CCCCO1. The number of tetrazole rings is 1. The van der Waals surface area contributed by atoms with Crippen molar-refractivity contribution in [2.75, 3.05) is 6.61 Å². The van der Waals surface area contributed by atoms with Crippen LogP contribution in [-0.2, 0) is 16.1 Å². The summed E-state index contributed by atoms with van der Waals surface area (Å²) in [7, 11) is 0. The Morgan fingerprint density at radius 1 is 1.45 bits per heavy atom. The molecule has 0 bridgehead atoms. The lowest BCUT2D eigenvalue weighted by Gasteiger charge is -2.32. The molecule has 0 saturated carbocycles. The molecule has 1 aromatic carbocycles. The van der Waals surface area contributed by atoms with Crippen molar-refractivity contribution in [3.05, 3.63) is 29.8 Å². The summed E-state index contributed by atoms with van der Waals surface area (Å²) in [5.74, 6) is 0.480. The average Bonchev–Trinajstić information content (AvgIpc) is 3.08. The zero-order chi connectivity index (χ0) is 15.4. The second-order valence-corrected chi connectivity index (χ2v) is 5.65. The first-order valence-electron chi connectivity index (χ1n) is 7.42. The predicted octanol–water partition coefficient (Wildman–Crippen LogP) is 1.44. The highest BCUT2D eigenvalue weighted by molar-refractivity contribution is 5.84. The fraction of sp³-hybridized carbons (Fsp3) is 0.467. The van der Waals surface area contributed by atoms with Crippen LogP contribution in [0.4, 0.5) is 0 Å². The Kier molecular flexibility index (Phi) is 4.15. The molecule has 0 spiro atoms. The molecule has 0 unspecified atom stereocenters. The number of rotatable bonds is 4. The van der Waals surface area contributed by atoms with Crippen molar-refractivity contribution in [1.82, 2.24) is 25.9 Å². The van der Waals surface area contributed by atoms with Gasteiger partial charge in [0.15, 0.2) is 0 Å². The molecule has 116 valence electrons. The Labute approximate surface area is 128 Å². The number of carbonyl (C=O) groups is 1. The number of nitrogens with zero attached hydrogens (tertiary/aromatic N) is 3. The number of amides is 1. The number of aromatic amines is 1. The molecule has 0 aliphatic carbocycles. The molecule has 2 heterocycles. The third-order valence-corrected chi connectivity index (χ3v) is 3.93. The molecule has 7 nitrogen and oxygen atoms in total. The van der Waals surface area contributed by atoms with Gasteiger partial charge in [-0.25, -0.2) is 0 Å². The summed E-state index contributed by atoms with van der Waals surface area (Å²) in [6, 6.07) is 7.71. The number of H-pyrrole nitrogens is 1. The van der Waals surface area contributed by atoms with Gasteiger partial charge in [0.25, 0.3) is 5.91 Å². The number of benzene rings is 1. The van der Waals surface area contributed by atoms with Gasteiger partial charge in [-0.15, -0.1) is 10.2 Å². The van der Waals surface area contributed by atoms with Crippen LogP contribution in [0.1, 0.15) is 31.7 Å². The molecule has 1 amide bonds. The average molecular weight is 301 g/mol. The van der Waals surface area contributed by atoms with E-state index in [9.17, 15) is 4.79 Å². The van der Waals surface area contributed by atoms with Crippen molar-refractivity contribution >= 4 is 5.91 Å². The second kappa shape index (κ2) is 6.23. The molecular weight excluding hydrogens is 282 g/mol. The van der Waals surface area contributed by atoms with E-state index in [1.807, 2.05) is 31.2 Å². The summed E-state index contributed by atoms with van der Waals surface area (Å²) in [6.45, 7) is 2.96. The Hall–Kier alpha value is -2.28. The van der Waals surface area contributed by atoms with Crippen molar-refractivity contribution in [1.29, 1.82) is 0 Å². The molecule has 3 rings (SSSR count). The molecule has 2 N–H and O–H groups in total. The summed E-state index contributed by atoms with van der Waals surface area (Å²) in [6.07, 6.45) is 2.81. The topological polar surface area (TPSA) is 92.8 Å². The molecule has 1 fully saturated rings. The van der Waals surface area contributed by atoms with E-state index >= 15 is 0 Å². The van der Waals surface area contributed by atoms with Crippen LogP contribution in [0.2, 0.25) is 0 Å². The molecule has 1 aliphatic rings. The van der Waals surface area contributed by atoms with Crippen LogP contribution in [0.15, 0.2) is 24.3 Å². The number of aromatic nitrogens is 4. The van der Waals surface area contributed by atoms with Crippen LogP contribution in [0, 0.1) is 0 Å². The lowest BCUT2D eigenvalue weighted by molar-refractivity contribution is -0.150.